The Morgan fingerprint density at radius 1 is 1.10 bits per heavy atom. The first-order valence-corrected chi connectivity index (χ1v) is 10.5. The van der Waals surface area contributed by atoms with Crippen molar-refractivity contribution in [1.82, 2.24) is 10.3 Å². The van der Waals surface area contributed by atoms with E-state index in [9.17, 15) is 9.59 Å². The van der Waals surface area contributed by atoms with Crippen molar-refractivity contribution in [2.75, 3.05) is 6.79 Å². The van der Waals surface area contributed by atoms with Crippen LogP contribution in [0.4, 0.5) is 0 Å². The van der Waals surface area contributed by atoms with Crippen LogP contribution >= 0.6 is 0 Å². The maximum absolute atomic E-state index is 13.1. The van der Waals surface area contributed by atoms with Crippen LogP contribution in [0.5, 0.6) is 11.5 Å². The van der Waals surface area contributed by atoms with Gasteiger partial charge in [-0.1, -0.05) is 6.07 Å². The monoisotopic (exact) mass is 419 g/mol. The number of hydrogen-bond acceptors (Lipinski definition) is 4. The normalized spacial score (nSPS) is 19.3. The summed E-state index contributed by atoms with van der Waals surface area (Å²) < 4.78 is 10.8. The minimum Gasteiger partial charge on any atom is -0.454 e. The van der Waals surface area contributed by atoms with E-state index >= 15 is 0 Å². The van der Waals surface area contributed by atoms with Crippen LogP contribution in [-0.4, -0.2) is 34.8 Å². The van der Waals surface area contributed by atoms with Crippen molar-refractivity contribution in [3.63, 3.8) is 0 Å². The van der Waals surface area contributed by atoms with Crippen LogP contribution in [0.15, 0.2) is 35.3 Å². The van der Waals surface area contributed by atoms with Gasteiger partial charge in [0.05, 0.1) is 5.41 Å². The summed E-state index contributed by atoms with van der Waals surface area (Å²) in [4.78, 5) is 33.2. The van der Waals surface area contributed by atoms with Crippen LogP contribution in [0.3, 0.4) is 0 Å². The van der Waals surface area contributed by atoms with Gasteiger partial charge in [0, 0.05) is 23.4 Å². The molecule has 2 N–H and O–H groups in total. The molecule has 0 spiro atoms. The molecule has 2 aromatic rings. The molecule has 0 saturated heterocycles. The summed E-state index contributed by atoms with van der Waals surface area (Å²) in [5.41, 5.74) is 3.09. The van der Waals surface area contributed by atoms with E-state index in [2.05, 4.69) is 15.3 Å². The molecular weight excluding hydrogens is 394 g/mol. The smallest absolute Gasteiger partial charge is 0.268 e. The molecule has 1 saturated carbocycles. The van der Waals surface area contributed by atoms with Gasteiger partial charge in [-0.25, -0.2) is 4.99 Å². The van der Waals surface area contributed by atoms with E-state index in [0.717, 1.165) is 29.7 Å². The lowest BCUT2D eigenvalue weighted by Crippen LogP contribution is -2.40. The molecule has 0 atom stereocenters. The lowest BCUT2D eigenvalue weighted by atomic mass is 9.94. The molecule has 7 nitrogen and oxygen atoms in total. The van der Waals surface area contributed by atoms with Crippen LogP contribution in [0.2, 0.25) is 0 Å². The average molecular weight is 419 g/mol. The number of aliphatic imine (C=N–C) groups is 1. The summed E-state index contributed by atoms with van der Waals surface area (Å²) in [6, 6.07) is 7.52. The molecule has 3 aliphatic rings. The Morgan fingerprint density at radius 3 is 2.61 bits per heavy atom. The average Bonchev–Trinajstić information content (AvgIpc) is 3.19. The quantitative estimate of drug-likeness (QED) is 0.796. The molecule has 31 heavy (non-hydrogen) atoms. The number of aromatic amines is 1. The Hall–Kier alpha value is -3.35. The number of amides is 2. The van der Waals surface area contributed by atoms with E-state index in [0.29, 0.717) is 29.3 Å². The first-order valence-electron chi connectivity index (χ1n) is 10.5. The van der Waals surface area contributed by atoms with E-state index in [1.165, 1.54) is 0 Å². The van der Waals surface area contributed by atoms with Crippen molar-refractivity contribution < 1.29 is 19.1 Å². The van der Waals surface area contributed by atoms with Gasteiger partial charge >= 0.3 is 0 Å². The van der Waals surface area contributed by atoms with E-state index in [1.54, 1.807) is 0 Å². The second-order valence-corrected chi connectivity index (χ2v) is 9.39. The Balaban J connectivity index is 1.34. The predicted molar refractivity (Wildman–Crippen MR) is 117 cm³/mol. The third kappa shape index (κ3) is 3.65. The van der Waals surface area contributed by atoms with Crippen molar-refractivity contribution in [2.24, 2.45) is 4.99 Å². The van der Waals surface area contributed by atoms with Gasteiger partial charge in [0.15, 0.2) is 11.5 Å². The maximum atomic E-state index is 13.1. The van der Waals surface area contributed by atoms with Gasteiger partial charge < -0.3 is 19.8 Å². The highest BCUT2D eigenvalue weighted by Crippen LogP contribution is 2.51. The fourth-order valence-electron chi connectivity index (χ4n) is 4.03. The highest BCUT2D eigenvalue weighted by atomic mass is 16.7. The number of rotatable bonds is 3. The number of hydrogen-bond donors (Lipinski definition) is 2. The molecule has 1 aliphatic heterocycles. The number of benzene rings is 1. The molecule has 1 fully saturated rings. The summed E-state index contributed by atoms with van der Waals surface area (Å²) in [7, 11) is 0. The molecule has 2 amide bonds. The zero-order chi connectivity index (χ0) is 21.8. The topological polar surface area (TPSA) is 92.8 Å². The molecule has 2 aliphatic carbocycles. The molecule has 1 aromatic heterocycles. The molecule has 5 rings (SSSR count). The third-order valence-corrected chi connectivity index (χ3v) is 5.81. The number of carbonyl (C=O) groups is 2. The van der Waals surface area contributed by atoms with Gasteiger partial charge in [-0.2, -0.15) is 0 Å². The Kier molecular flexibility index (Phi) is 4.32. The van der Waals surface area contributed by atoms with Crippen molar-refractivity contribution in [3.05, 3.63) is 52.9 Å². The highest BCUT2D eigenvalue weighted by molar-refractivity contribution is 6.10. The molecule has 0 bridgehead atoms. The van der Waals surface area contributed by atoms with Gasteiger partial charge in [-0.05, 0) is 75.1 Å². The Morgan fingerprint density at radius 2 is 1.87 bits per heavy atom. The number of ether oxygens (including phenoxy) is 2. The molecule has 160 valence electrons. The number of nitrogens with one attached hydrogen (secondary N) is 2. The van der Waals surface area contributed by atoms with E-state index in [1.807, 2.05) is 57.2 Å². The van der Waals surface area contributed by atoms with Crippen LogP contribution < -0.4 is 14.8 Å². The predicted octanol–water partition coefficient (Wildman–Crippen LogP) is 3.54. The first kappa shape index (κ1) is 19.6. The SMILES string of the molecule is CC(C)(C)NC(=O)c1cc2c([nH]1)C=CC(=NC(=O)C1(c3ccc4c(c3)OCO4)CC1)C2. The number of nitrogens with zero attached hydrogens (tertiary/aromatic N) is 1. The van der Waals surface area contributed by atoms with Gasteiger partial charge in [-0.3, -0.25) is 9.59 Å². The van der Waals surface area contributed by atoms with Crippen molar-refractivity contribution >= 4 is 23.6 Å². The lowest BCUT2D eigenvalue weighted by Gasteiger charge is -2.19. The summed E-state index contributed by atoms with van der Waals surface area (Å²) in [6.45, 7) is 6.04. The highest BCUT2D eigenvalue weighted by Gasteiger charge is 2.51. The summed E-state index contributed by atoms with van der Waals surface area (Å²) >= 11 is 0. The summed E-state index contributed by atoms with van der Waals surface area (Å²) in [6.07, 6.45) is 5.78. The standard InChI is InChI=1S/C24H25N3O4/c1-23(2,3)27-21(28)18-11-14-10-16(5-6-17(14)26-18)25-22(29)24(8-9-24)15-4-7-19-20(12-15)31-13-30-19/h4-7,11-12,26H,8-10,13H2,1-3H3,(H,27,28). The van der Waals surface area contributed by atoms with Crippen molar-refractivity contribution in [3.8, 4) is 11.5 Å². The third-order valence-electron chi connectivity index (χ3n) is 5.81. The first-order chi connectivity index (χ1) is 14.7. The maximum Gasteiger partial charge on any atom is 0.268 e. The van der Waals surface area contributed by atoms with Crippen molar-refractivity contribution in [1.29, 1.82) is 0 Å². The molecule has 0 unspecified atom stereocenters. The minimum absolute atomic E-state index is 0.129. The van der Waals surface area contributed by atoms with E-state index in [4.69, 9.17) is 9.47 Å². The second-order valence-electron chi connectivity index (χ2n) is 9.39. The number of H-pyrrole nitrogens is 1. The zero-order valence-corrected chi connectivity index (χ0v) is 17.9. The van der Waals surface area contributed by atoms with Crippen LogP contribution in [0.1, 0.15) is 60.9 Å². The molecular formula is C24H25N3O4. The molecule has 7 heteroatoms. The minimum atomic E-state index is -0.571. The lowest BCUT2D eigenvalue weighted by molar-refractivity contribution is -0.120. The second kappa shape index (κ2) is 6.83. The van der Waals surface area contributed by atoms with Gasteiger partial charge in [0.25, 0.3) is 11.8 Å². The van der Waals surface area contributed by atoms with Crippen LogP contribution in [-0.2, 0) is 16.6 Å². The molecule has 0 radical (unpaired) electrons. The molecule has 1 aromatic carbocycles. The largest absolute Gasteiger partial charge is 0.454 e. The summed E-state index contributed by atoms with van der Waals surface area (Å²) in [5, 5.41) is 2.95. The van der Waals surface area contributed by atoms with Gasteiger partial charge in [-0.15, -0.1) is 0 Å². The summed E-state index contributed by atoms with van der Waals surface area (Å²) in [5.74, 6) is 1.11. The van der Waals surface area contributed by atoms with Gasteiger partial charge in [0.2, 0.25) is 6.79 Å². The Bertz CT molecular complexity index is 1150. The molecule has 2 heterocycles. The number of allylic oxidation sites excluding steroid dienone is 1. The fourth-order valence-corrected chi connectivity index (χ4v) is 4.03. The van der Waals surface area contributed by atoms with E-state index in [-0.39, 0.29) is 24.1 Å². The zero-order valence-electron chi connectivity index (χ0n) is 17.9. The number of aromatic nitrogens is 1. The number of carbonyl (C=O) groups excluding carboxylic acids is 2. The van der Waals surface area contributed by atoms with E-state index < -0.39 is 5.41 Å². The van der Waals surface area contributed by atoms with Crippen LogP contribution in [0.25, 0.3) is 6.08 Å². The van der Waals surface area contributed by atoms with Crippen LogP contribution in [0, 0.1) is 0 Å². The Labute approximate surface area is 180 Å². The fraction of sp³-hybridized carbons (Fsp3) is 0.375. The van der Waals surface area contributed by atoms with Crippen molar-refractivity contribution in [2.45, 2.75) is 51.0 Å². The number of fused-ring (bicyclic) bond motifs is 2. The van der Waals surface area contributed by atoms with Gasteiger partial charge in [0.1, 0.15) is 5.69 Å².